The zero-order valence-corrected chi connectivity index (χ0v) is 41.5. The summed E-state index contributed by atoms with van der Waals surface area (Å²) >= 11 is 3.47. The van der Waals surface area contributed by atoms with E-state index in [1.807, 2.05) is 97.1 Å². The molecule has 12 aromatic rings. The molecule has 76 heavy (non-hydrogen) atoms. The summed E-state index contributed by atoms with van der Waals surface area (Å²) in [5.74, 6) is 1.95. The fourth-order valence-corrected chi connectivity index (χ4v) is 8.43. The topological polar surface area (TPSA) is 225 Å². The van der Waals surface area contributed by atoms with Crippen LogP contribution in [0.25, 0.3) is 66.4 Å². The fraction of sp³-hybridized carbons (Fsp3) is 0.0370. The molecule has 0 saturated heterocycles. The van der Waals surface area contributed by atoms with Gasteiger partial charge in [0.25, 0.3) is 11.1 Å². The minimum Gasteiger partial charge on any atom is -0.537 e. The zero-order chi connectivity index (χ0) is 52.7. The lowest BCUT2D eigenvalue weighted by Crippen LogP contribution is -2.20. The van der Waals surface area contributed by atoms with E-state index >= 15 is 0 Å². The number of methoxy groups -OCH3 is 2. The van der Waals surface area contributed by atoms with Gasteiger partial charge in [0.1, 0.15) is 28.9 Å². The van der Waals surface area contributed by atoms with Crippen LogP contribution in [0.15, 0.2) is 184 Å². The molecule has 0 aliphatic heterocycles. The summed E-state index contributed by atoms with van der Waals surface area (Å²) in [5.41, 5.74) is 6.13. The summed E-state index contributed by atoms with van der Waals surface area (Å²) < 4.78 is 44.5. The highest BCUT2D eigenvalue weighted by molar-refractivity contribution is 9.10. The van der Waals surface area contributed by atoms with E-state index in [1.165, 1.54) is 48.8 Å². The average Bonchev–Trinajstić information content (AvgIpc) is 4.17. The Balaban J connectivity index is 0.000000148. The number of H-pyrrole nitrogens is 2. The van der Waals surface area contributed by atoms with E-state index in [-0.39, 0.29) is 22.8 Å². The van der Waals surface area contributed by atoms with Gasteiger partial charge in [-0.25, -0.2) is 18.7 Å². The van der Waals surface area contributed by atoms with Crippen molar-refractivity contribution in [2.45, 2.75) is 0 Å². The van der Waals surface area contributed by atoms with Crippen molar-refractivity contribution in [1.29, 1.82) is 0 Å². The Bertz CT molecular complexity index is 4150. The molecule has 0 atom stereocenters. The van der Waals surface area contributed by atoms with Crippen LogP contribution >= 0.6 is 15.9 Å². The molecule has 0 saturated carbocycles. The number of ether oxygens (including phenoxy) is 2. The third-order valence-corrected chi connectivity index (χ3v) is 12.2. The van der Waals surface area contributed by atoms with Crippen LogP contribution in [0.3, 0.4) is 0 Å². The van der Waals surface area contributed by atoms with Gasteiger partial charge in [-0.15, -0.1) is 0 Å². The average molecular weight is 1080 g/mol. The number of anilines is 4. The monoisotopic (exact) mass is 1080 g/mol. The largest absolute Gasteiger partial charge is 0.569 e. The number of fused-ring (bicyclic) bond motifs is 6. The van der Waals surface area contributed by atoms with Crippen LogP contribution in [0.2, 0.25) is 0 Å². The van der Waals surface area contributed by atoms with Crippen LogP contribution in [0.5, 0.6) is 17.2 Å². The molecule has 6 aromatic carbocycles. The molecule has 18 nitrogen and oxygen atoms in total. The first-order chi connectivity index (χ1) is 37.1. The van der Waals surface area contributed by atoms with Crippen molar-refractivity contribution < 1.29 is 27.9 Å². The molecule has 0 aliphatic rings. The van der Waals surface area contributed by atoms with Gasteiger partial charge in [-0.2, -0.15) is 20.2 Å². The number of aromatic nitrogens is 10. The summed E-state index contributed by atoms with van der Waals surface area (Å²) in [6, 6.07) is 41.3. The molecule has 6 aromatic heterocycles. The minimum atomic E-state index is -0.328. The number of nitrogens with zero attached hydrogens (tertiary/aromatic N) is 8. The van der Waals surface area contributed by atoms with E-state index in [9.17, 15) is 18.4 Å². The molecule has 0 spiro atoms. The molecule has 22 heteroatoms. The highest BCUT2D eigenvalue weighted by atomic mass is 79.9. The number of halogens is 3. The number of aromatic amines is 2. The molecular formula is C54H39BBrF2N12O6. The minimum absolute atomic E-state index is 0.210. The highest BCUT2D eigenvalue weighted by Crippen LogP contribution is 2.29. The predicted octanol–water partition coefficient (Wildman–Crippen LogP) is 10.1. The van der Waals surface area contributed by atoms with E-state index in [2.05, 4.69) is 66.6 Å². The Labute approximate surface area is 438 Å². The van der Waals surface area contributed by atoms with Gasteiger partial charge >= 0.3 is 7.69 Å². The van der Waals surface area contributed by atoms with E-state index in [1.54, 1.807) is 47.9 Å². The van der Waals surface area contributed by atoms with Crippen molar-refractivity contribution in [3.05, 3.63) is 207 Å². The smallest absolute Gasteiger partial charge is 0.537 e. The first-order valence-corrected chi connectivity index (χ1v) is 23.7. The number of benzene rings is 6. The maximum absolute atomic E-state index is 13.6. The molecule has 0 bridgehead atoms. The van der Waals surface area contributed by atoms with Gasteiger partial charge in [-0.05, 0) is 126 Å². The normalized spacial score (nSPS) is 10.9. The lowest BCUT2D eigenvalue weighted by atomic mass is 10.0. The number of hydrogen-bond donors (Lipinski definition) is 5. The lowest BCUT2D eigenvalue weighted by molar-refractivity contribution is 0.415. The fourth-order valence-electron chi connectivity index (χ4n) is 8.04. The molecule has 1 radical (unpaired) electrons. The van der Waals surface area contributed by atoms with Crippen LogP contribution in [-0.4, -0.2) is 76.4 Å². The Morgan fingerprint density at radius 1 is 0.553 bits per heavy atom. The van der Waals surface area contributed by atoms with Crippen molar-refractivity contribution in [2.75, 3.05) is 24.9 Å². The Kier molecular flexibility index (Phi) is 14.5. The predicted molar refractivity (Wildman–Crippen MR) is 290 cm³/mol. The van der Waals surface area contributed by atoms with Crippen molar-refractivity contribution in [3.8, 4) is 39.8 Å². The van der Waals surface area contributed by atoms with E-state index in [4.69, 9.17) is 19.5 Å². The number of nitrogens with one attached hydrogen (secondary N) is 4. The Hall–Kier alpha value is -9.80. The van der Waals surface area contributed by atoms with Crippen LogP contribution in [0, 0.1) is 11.6 Å². The highest BCUT2D eigenvalue weighted by Gasteiger charge is 2.19. The van der Waals surface area contributed by atoms with Crippen molar-refractivity contribution >= 4 is 90.8 Å². The molecule has 6 heterocycles. The summed E-state index contributed by atoms with van der Waals surface area (Å²) in [4.78, 5) is 45.1. The second-order valence-electron chi connectivity index (χ2n) is 16.4. The molecule has 5 N–H and O–H groups in total. The van der Waals surface area contributed by atoms with Gasteiger partial charge < -0.3 is 29.8 Å². The van der Waals surface area contributed by atoms with Gasteiger partial charge in [0.15, 0.2) is 11.3 Å². The second-order valence-corrected chi connectivity index (χ2v) is 17.3. The number of rotatable bonds is 11. The van der Waals surface area contributed by atoms with Gasteiger partial charge in [0.05, 0.1) is 70.6 Å². The Morgan fingerprint density at radius 2 is 1.01 bits per heavy atom. The van der Waals surface area contributed by atoms with Crippen molar-refractivity contribution in [2.24, 2.45) is 0 Å². The van der Waals surface area contributed by atoms with E-state index in [0.29, 0.717) is 80.6 Å². The summed E-state index contributed by atoms with van der Waals surface area (Å²) in [5, 5.41) is 30.6. The maximum atomic E-state index is 13.6. The second kappa shape index (κ2) is 22.1. The molecular weight excluding hydrogens is 1040 g/mol. The maximum Gasteiger partial charge on any atom is 0.569 e. The summed E-state index contributed by atoms with van der Waals surface area (Å²) in [6.07, 6.45) is 6.37. The number of hydrogen-bond acceptors (Lipinski definition) is 14. The summed E-state index contributed by atoms with van der Waals surface area (Å²) in [7, 11) is 3.77. The molecule has 0 amide bonds. The Morgan fingerprint density at radius 3 is 1.49 bits per heavy atom. The molecule has 0 unspecified atom stereocenters. The van der Waals surface area contributed by atoms with Crippen molar-refractivity contribution in [3.63, 3.8) is 0 Å². The third-order valence-electron chi connectivity index (χ3n) is 11.7. The first kappa shape index (κ1) is 49.8. The van der Waals surface area contributed by atoms with Crippen LogP contribution < -0.4 is 35.9 Å². The third kappa shape index (κ3) is 10.6. The lowest BCUT2D eigenvalue weighted by Gasteiger charge is -2.13. The van der Waals surface area contributed by atoms with Crippen LogP contribution in [0.4, 0.5) is 32.1 Å². The molecule has 375 valence electrons. The van der Waals surface area contributed by atoms with E-state index < -0.39 is 0 Å². The SMILES string of the molecule is COc1ccc(Nc2ncc3c4[nH]ncc4c(=O)n(-c4cccc(-c5ccc(F)cc5)c4)c3n2)cc1.COc1ccc(Nc2ncc3c4[nH]ncc4c(=O)n(-c4cccc(Br)c4)c3n2)cc1.O[B]Oc1ccc(F)cc1. The van der Waals surface area contributed by atoms with E-state index in [0.717, 1.165) is 38.5 Å². The van der Waals surface area contributed by atoms with Crippen LogP contribution in [-0.2, 0) is 0 Å². The molecule has 0 aliphatic carbocycles. The molecule has 12 rings (SSSR count). The van der Waals surface area contributed by atoms with Gasteiger partial charge in [0.2, 0.25) is 11.9 Å². The first-order valence-electron chi connectivity index (χ1n) is 22.9. The number of pyridine rings is 2. The standard InChI is InChI=1S/C27H19FN6O2.C21H15BrN6O2.C6H5BFO2/c1-36-21-11-9-19(10-12-21)31-27-29-14-22-24-23(15-30-33-24)26(35)34(25(22)32-27)20-4-2-3-17(13-20)16-5-7-18(28)8-6-16;1-30-15-7-5-13(6-8-15)25-21-23-10-16-18-17(11-24-27-18)20(29)28(19(16)26-21)14-4-2-3-12(22)9-14;8-5-1-3-6(4-2-5)10-7-9/h2-15H,1H3,(H,30,33)(H,29,31,32);2-11H,1H3,(H,24,27)(H,23,25,26);1-4,9H. The summed E-state index contributed by atoms with van der Waals surface area (Å²) in [6.45, 7) is 0. The van der Waals surface area contributed by atoms with Gasteiger partial charge in [-0.1, -0.05) is 46.3 Å². The molecule has 0 fully saturated rings. The quantitative estimate of drug-likeness (QED) is 0.0760. The van der Waals surface area contributed by atoms with Gasteiger partial charge in [0, 0.05) is 28.2 Å². The van der Waals surface area contributed by atoms with Gasteiger partial charge in [-0.3, -0.25) is 28.9 Å². The van der Waals surface area contributed by atoms with Crippen LogP contribution in [0.1, 0.15) is 0 Å². The zero-order valence-electron chi connectivity index (χ0n) is 39.9. The van der Waals surface area contributed by atoms with Crippen molar-refractivity contribution in [1.82, 2.24) is 49.5 Å².